The zero-order chi connectivity index (χ0) is 12.3. The molecule has 0 N–H and O–H groups in total. The minimum absolute atomic E-state index is 0.0753. The molecule has 1 rings (SSSR count). The number of hydrogen-bond donors (Lipinski definition) is 0. The highest BCUT2D eigenvalue weighted by molar-refractivity contribution is 8.13. The van der Waals surface area contributed by atoms with Crippen LogP contribution in [0.2, 0.25) is 0 Å². The quantitative estimate of drug-likeness (QED) is 0.710. The first-order chi connectivity index (χ1) is 7.32. The van der Waals surface area contributed by atoms with E-state index in [0.29, 0.717) is 11.8 Å². The van der Waals surface area contributed by atoms with Crippen molar-refractivity contribution in [3.05, 3.63) is 29.8 Å². The summed E-state index contributed by atoms with van der Waals surface area (Å²) in [7, 11) is 2.98. The van der Waals surface area contributed by atoms with Gasteiger partial charge in [-0.1, -0.05) is 12.1 Å². The molecule has 2 nitrogen and oxygen atoms in total. The van der Waals surface area contributed by atoms with Crippen molar-refractivity contribution in [1.82, 2.24) is 4.90 Å². The molecule has 0 atom stereocenters. The maximum atomic E-state index is 12.6. The van der Waals surface area contributed by atoms with E-state index in [0.717, 1.165) is 6.07 Å². The summed E-state index contributed by atoms with van der Waals surface area (Å²) in [6.07, 6.45) is -4.43. The summed E-state index contributed by atoms with van der Waals surface area (Å²) in [5.74, 6) is 0. The molecule has 6 heteroatoms. The number of carbonyl (C=O) groups is 1. The third kappa shape index (κ3) is 3.16. The van der Waals surface area contributed by atoms with Gasteiger partial charge in [0.05, 0.1) is 5.56 Å². The van der Waals surface area contributed by atoms with Crippen LogP contribution in [0.4, 0.5) is 18.0 Å². The van der Waals surface area contributed by atoms with Crippen LogP contribution in [0.5, 0.6) is 0 Å². The summed E-state index contributed by atoms with van der Waals surface area (Å²) in [4.78, 5) is 12.5. The second kappa shape index (κ2) is 4.78. The Morgan fingerprint density at radius 3 is 2.31 bits per heavy atom. The fourth-order valence-corrected chi connectivity index (χ4v) is 1.79. The number of carbonyl (C=O) groups excluding carboxylic acids is 1. The van der Waals surface area contributed by atoms with Gasteiger partial charge >= 0.3 is 6.18 Å². The molecule has 88 valence electrons. The SMILES string of the molecule is CN(C)C(=O)Sc1ccccc1C(F)(F)F. The molecule has 0 fully saturated rings. The molecule has 1 aromatic rings. The average molecular weight is 249 g/mol. The molecule has 16 heavy (non-hydrogen) atoms. The van der Waals surface area contributed by atoms with Crippen LogP contribution in [0.1, 0.15) is 5.56 Å². The molecule has 0 radical (unpaired) electrons. The van der Waals surface area contributed by atoms with Crippen LogP contribution in [-0.2, 0) is 6.18 Å². The Balaban J connectivity index is 3.01. The standard InChI is InChI=1S/C10H10F3NOS/c1-14(2)9(15)16-8-6-4-3-5-7(8)10(11,12)13/h3-6H,1-2H3. The third-order valence-corrected chi connectivity index (χ3v) is 2.87. The van der Waals surface area contributed by atoms with E-state index in [-0.39, 0.29) is 4.90 Å². The van der Waals surface area contributed by atoms with Gasteiger partial charge in [-0.05, 0) is 23.9 Å². The lowest BCUT2D eigenvalue weighted by Gasteiger charge is -2.13. The van der Waals surface area contributed by atoms with Crippen molar-refractivity contribution < 1.29 is 18.0 Å². The normalized spacial score (nSPS) is 11.3. The molecule has 0 aliphatic carbocycles. The Morgan fingerprint density at radius 1 is 1.25 bits per heavy atom. The van der Waals surface area contributed by atoms with Gasteiger partial charge in [0.15, 0.2) is 0 Å². The van der Waals surface area contributed by atoms with E-state index in [9.17, 15) is 18.0 Å². The molecule has 1 amide bonds. The second-order valence-electron chi connectivity index (χ2n) is 3.26. The highest BCUT2D eigenvalue weighted by atomic mass is 32.2. The maximum Gasteiger partial charge on any atom is 0.417 e. The van der Waals surface area contributed by atoms with Gasteiger partial charge in [0.25, 0.3) is 5.24 Å². The smallest absolute Gasteiger partial charge is 0.339 e. The molecule has 0 saturated carbocycles. The van der Waals surface area contributed by atoms with Crippen LogP contribution in [0.25, 0.3) is 0 Å². The third-order valence-electron chi connectivity index (χ3n) is 1.75. The van der Waals surface area contributed by atoms with Gasteiger partial charge in [-0.15, -0.1) is 0 Å². The van der Waals surface area contributed by atoms with Crippen LogP contribution in [-0.4, -0.2) is 24.2 Å². The largest absolute Gasteiger partial charge is 0.417 e. The second-order valence-corrected chi connectivity index (χ2v) is 4.25. The number of halogens is 3. The first kappa shape index (κ1) is 12.9. The van der Waals surface area contributed by atoms with E-state index in [1.807, 2.05) is 0 Å². The van der Waals surface area contributed by atoms with Gasteiger partial charge in [-0.2, -0.15) is 13.2 Å². The molecular formula is C10H10F3NOS. The van der Waals surface area contributed by atoms with Crippen molar-refractivity contribution >= 4 is 17.0 Å². The number of amides is 1. The van der Waals surface area contributed by atoms with E-state index in [1.165, 1.54) is 37.2 Å². The number of alkyl halides is 3. The Morgan fingerprint density at radius 2 is 1.81 bits per heavy atom. The average Bonchev–Trinajstić information content (AvgIpc) is 2.16. The summed E-state index contributed by atoms with van der Waals surface area (Å²) >= 11 is 0.572. The highest BCUT2D eigenvalue weighted by Crippen LogP contribution is 2.36. The van der Waals surface area contributed by atoms with Crippen molar-refractivity contribution in [3.8, 4) is 0 Å². The summed E-state index contributed by atoms with van der Waals surface area (Å²) in [6, 6.07) is 5.02. The molecule has 0 heterocycles. The van der Waals surface area contributed by atoms with Crippen LogP contribution >= 0.6 is 11.8 Å². The van der Waals surface area contributed by atoms with Gasteiger partial charge in [-0.25, -0.2) is 0 Å². The van der Waals surface area contributed by atoms with Gasteiger partial charge in [-0.3, -0.25) is 4.79 Å². The Hall–Kier alpha value is -1.17. The summed E-state index contributed by atoms with van der Waals surface area (Å²) in [5, 5.41) is -0.434. The molecule has 0 saturated heterocycles. The number of nitrogens with zero attached hydrogens (tertiary/aromatic N) is 1. The number of benzene rings is 1. The van der Waals surface area contributed by atoms with Crippen LogP contribution in [0, 0.1) is 0 Å². The molecule has 0 aliphatic rings. The summed E-state index contributed by atoms with van der Waals surface area (Å²) < 4.78 is 37.7. The predicted octanol–water partition coefficient (Wildman–Crippen LogP) is 3.48. The van der Waals surface area contributed by atoms with Crippen LogP contribution < -0.4 is 0 Å². The molecular weight excluding hydrogens is 239 g/mol. The van der Waals surface area contributed by atoms with Gasteiger partial charge in [0.1, 0.15) is 0 Å². The molecule has 1 aromatic carbocycles. The molecule has 0 bridgehead atoms. The Labute approximate surface area is 95.4 Å². The lowest BCUT2D eigenvalue weighted by atomic mass is 10.2. The Bertz CT molecular complexity index is 390. The first-order valence-corrected chi connectivity index (χ1v) is 5.19. The minimum Gasteiger partial charge on any atom is -0.339 e. The van der Waals surface area contributed by atoms with Crippen molar-refractivity contribution in [3.63, 3.8) is 0 Å². The molecule has 0 unspecified atom stereocenters. The van der Waals surface area contributed by atoms with Crippen LogP contribution in [0.3, 0.4) is 0 Å². The van der Waals surface area contributed by atoms with Gasteiger partial charge in [0.2, 0.25) is 0 Å². The van der Waals surface area contributed by atoms with E-state index in [2.05, 4.69) is 0 Å². The monoisotopic (exact) mass is 249 g/mol. The highest BCUT2D eigenvalue weighted by Gasteiger charge is 2.33. The fraction of sp³-hybridized carbons (Fsp3) is 0.300. The van der Waals surface area contributed by atoms with E-state index >= 15 is 0 Å². The lowest BCUT2D eigenvalue weighted by molar-refractivity contribution is -0.139. The zero-order valence-corrected chi connectivity index (χ0v) is 9.52. The van der Waals surface area contributed by atoms with Gasteiger partial charge < -0.3 is 4.90 Å². The van der Waals surface area contributed by atoms with Crippen molar-refractivity contribution in [2.45, 2.75) is 11.1 Å². The molecule has 0 aliphatic heterocycles. The summed E-state index contributed by atoms with van der Waals surface area (Å²) in [6.45, 7) is 0. The van der Waals surface area contributed by atoms with E-state index in [1.54, 1.807) is 0 Å². The first-order valence-electron chi connectivity index (χ1n) is 4.37. The molecule has 0 spiro atoms. The molecule has 0 aromatic heterocycles. The van der Waals surface area contributed by atoms with Crippen LogP contribution in [0.15, 0.2) is 29.2 Å². The number of thioether (sulfide) groups is 1. The van der Waals surface area contributed by atoms with E-state index < -0.39 is 17.0 Å². The fourth-order valence-electron chi connectivity index (χ4n) is 0.975. The predicted molar refractivity (Wildman–Crippen MR) is 56.4 cm³/mol. The summed E-state index contributed by atoms with van der Waals surface area (Å²) in [5.41, 5.74) is -0.782. The lowest BCUT2D eigenvalue weighted by Crippen LogP contribution is -2.17. The zero-order valence-electron chi connectivity index (χ0n) is 8.71. The van der Waals surface area contributed by atoms with Crippen molar-refractivity contribution in [2.75, 3.05) is 14.1 Å². The minimum atomic E-state index is -4.43. The Kier molecular flexibility index (Phi) is 3.85. The van der Waals surface area contributed by atoms with E-state index in [4.69, 9.17) is 0 Å². The van der Waals surface area contributed by atoms with Crippen molar-refractivity contribution in [2.24, 2.45) is 0 Å². The number of hydrogen-bond acceptors (Lipinski definition) is 2. The van der Waals surface area contributed by atoms with Gasteiger partial charge in [0, 0.05) is 19.0 Å². The topological polar surface area (TPSA) is 20.3 Å². The van der Waals surface area contributed by atoms with Crippen molar-refractivity contribution in [1.29, 1.82) is 0 Å². The number of rotatable bonds is 1. The maximum absolute atomic E-state index is 12.6.